The number of Topliss-reactive ketones (excluding diaryl/α,β-unsaturated/α-hetero) is 1. The molecular weight excluding hydrogens is 404 g/mol. The highest BCUT2D eigenvalue weighted by atomic mass is 16.5. The van der Waals surface area contributed by atoms with Gasteiger partial charge in [0.2, 0.25) is 0 Å². The molecule has 0 N–H and O–H groups in total. The molecular formula is C27H42O5. The van der Waals surface area contributed by atoms with Crippen LogP contribution in [0.5, 0.6) is 5.75 Å². The van der Waals surface area contributed by atoms with Crippen molar-refractivity contribution in [3.8, 4) is 5.75 Å². The van der Waals surface area contributed by atoms with Crippen LogP contribution in [0.15, 0.2) is 24.3 Å². The van der Waals surface area contributed by atoms with Crippen molar-refractivity contribution in [2.45, 2.75) is 110 Å². The van der Waals surface area contributed by atoms with Crippen molar-refractivity contribution in [2.24, 2.45) is 0 Å². The minimum atomic E-state index is -0.246. The van der Waals surface area contributed by atoms with Gasteiger partial charge in [-0.05, 0) is 50.5 Å². The normalized spacial score (nSPS) is 10.7. The summed E-state index contributed by atoms with van der Waals surface area (Å²) in [6, 6.07) is 6.62. The summed E-state index contributed by atoms with van der Waals surface area (Å²) >= 11 is 0. The molecule has 0 atom stereocenters. The van der Waals surface area contributed by atoms with E-state index in [4.69, 9.17) is 9.47 Å². The summed E-state index contributed by atoms with van der Waals surface area (Å²) in [5.74, 6) is 0.140. The molecule has 1 aromatic carbocycles. The van der Waals surface area contributed by atoms with E-state index in [2.05, 4.69) is 6.92 Å². The summed E-state index contributed by atoms with van der Waals surface area (Å²) in [6.07, 6.45) is 15.2. The Morgan fingerprint density at radius 3 is 1.72 bits per heavy atom. The number of hydrogen-bond acceptors (Lipinski definition) is 5. The number of rotatable bonds is 19. The standard InChI is InChI=1S/C27H42O5/c1-3-4-5-6-9-12-15-22-31-26(29)16-13-10-7-8-11-14-17-27(30)32-25-20-18-24(19-21-25)23(2)28/h18-21H,3-17,22H2,1-2H3. The van der Waals surface area contributed by atoms with Crippen molar-refractivity contribution >= 4 is 17.7 Å². The molecule has 1 aromatic rings. The van der Waals surface area contributed by atoms with Gasteiger partial charge in [-0.25, -0.2) is 0 Å². The van der Waals surface area contributed by atoms with Crippen molar-refractivity contribution in [3.63, 3.8) is 0 Å². The zero-order valence-corrected chi connectivity index (χ0v) is 20.2. The molecule has 0 bridgehead atoms. The first-order valence-corrected chi connectivity index (χ1v) is 12.5. The van der Waals surface area contributed by atoms with E-state index >= 15 is 0 Å². The van der Waals surface area contributed by atoms with Crippen molar-refractivity contribution in [1.29, 1.82) is 0 Å². The molecule has 0 fully saturated rings. The van der Waals surface area contributed by atoms with E-state index in [-0.39, 0.29) is 17.7 Å². The first-order valence-electron chi connectivity index (χ1n) is 12.5. The number of hydrogen-bond donors (Lipinski definition) is 0. The Hall–Kier alpha value is -2.17. The average Bonchev–Trinajstić information content (AvgIpc) is 2.77. The SMILES string of the molecule is CCCCCCCCCOC(=O)CCCCCCCCC(=O)Oc1ccc(C(C)=O)cc1. The fraction of sp³-hybridized carbons (Fsp3) is 0.667. The molecule has 0 amide bonds. The summed E-state index contributed by atoms with van der Waals surface area (Å²) in [5.41, 5.74) is 0.603. The Bertz CT molecular complexity index is 651. The molecule has 0 heterocycles. The highest BCUT2D eigenvalue weighted by Crippen LogP contribution is 2.15. The fourth-order valence-corrected chi connectivity index (χ4v) is 3.50. The van der Waals surface area contributed by atoms with Gasteiger partial charge < -0.3 is 9.47 Å². The maximum atomic E-state index is 11.9. The van der Waals surface area contributed by atoms with Gasteiger partial charge in [-0.2, -0.15) is 0 Å². The third-order valence-corrected chi connectivity index (χ3v) is 5.52. The Balaban J connectivity index is 1.91. The summed E-state index contributed by atoms with van der Waals surface area (Å²) in [4.78, 5) is 34.9. The number of benzene rings is 1. The number of unbranched alkanes of at least 4 members (excludes halogenated alkanes) is 11. The number of carbonyl (C=O) groups excluding carboxylic acids is 3. The molecule has 0 aromatic heterocycles. The molecule has 0 saturated heterocycles. The third kappa shape index (κ3) is 14.8. The largest absolute Gasteiger partial charge is 0.466 e. The topological polar surface area (TPSA) is 69.7 Å². The van der Waals surface area contributed by atoms with Gasteiger partial charge >= 0.3 is 11.9 Å². The molecule has 5 nitrogen and oxygen atoms in total. The van der Waals surface area contributed by atoms with E-state index in [0.29, 0.717) is 30.8 Å². The van der Waals surface area contributed by atoms with Crippen LogP contribution in [0, 0.1) is 0 Å². The van der Waals surface area contributed by atoms with Crippen LogP contribution in [0.3, 0.4) is 0 Å². The van der Waals surface area contributed by atoms with Crippen molar-refractivity contribution < 1.29 is 23.9 Å². The number of carbonyl (C=O) groups is 3. The van der Waals surface area contributed by atoms with Crippen LogP contribution < -0.4 is 4.74 Å². The van der Waals surface area contributed by atoms with E-state index in [0.717, 1.165) is 51.4 Å². The lowest BCUT2D eigenvalue weighted by molar-refractivity contribution is -0.144. The Morgan fingerprint density at radius 2 is 1.16 bits per heavy atom. The predicted octanol–water partition coefficient (Wildman–Crippen LogP) is 7.21. The lowest BCUT2D eigenvalue weighted by atomic mass is 10.1. The van der Waals surface area contributed by atoms with Gasteiger partial charge in [-0.15, -0.1) is 0 Å². The van der Waals surface area contributed by atoms with E-state index in [9.17, 15) is 14.4 Å². The zero-order chi connectivity index (χ0) is 23.4. The molecule has 32 heavy (non-hydrogen) atoms. The predicted molar refractivity (Wildman–Crippen MR) is 128 cm³/mol. The van der Waals surface area contributed by atoms with E-state index in [1.54, 1.807) is 24.3 Å². The lowest BCUT2D eigenvalue weighted by Gasteiger charge is -2.06. The fourth-order valence-electron chi connectivity index (χ4n) is 3.50. The van der Waals surface area contributed by atoms with Gasteiger partial charge in [0.15, 0.2) is 5.78 Å². The second kappa shape index (κ2) is 18.4. The summed E-state index contributed by atoms with van der Waals surface area (Å²) in [7, 11) is 0. The highest BCUT2D eigenvalue weighted by Gasteiger charge is 2.06. The van der Waals surface area contributed by atoms with Gasteiger partial charge in [-0.3, -0.25) is 14.4 Å². The van der Waals surface area contributed by atoms with Crippen LogP contribution in [-0.2, 0) is 14.3 Å². The Morgan fingerprint density at radius 1 is 0.656 bits per heavy atom. The number of esters is 2. The first-order chi connectivity index (χ1) is 15.5. The molecule has 1 rings (SSSR count). The van der Waals surface area contributed by atoms with Crippen LogP contribution >= 0.6 is 0 Å². The molecule has 0 unspecified atom stereocenters. The second-order valence-electron chi connectivity index (χ2n) is 8.52. The van der Waals surface area contributed by atoms with E-state index in [1.165, 1.54) is 39.0 Å². The third-order valence-electron chi connectivity index (χ3n) is 5.52. The van der Waals surface area contributed by atoms with Crippen LogP contribution in [0.4, 0.5) is 0 Å². The maximum Gasteiger partial charge on any atom is 0.311 e. The van der Waals surface area contributed by atoms with Crippen molar-refractivity contribution in [1.82, 2.24) is 0 Å². The first kappa shape index (κ1) is 27.9. The van der Waals surface area contributed by atoms with Crippen LogP contribution in [-0.4, -0.2) is 24.3 Å². The van der Waals surface area contributed by atoms with Crippen LogP contribution in [0.25, 0.3) is 0 Å². The van der Waals surface area contributed by atoms with E-state index < -0.39 is 0 Å². The van der Waals surface area contributed by atoms with Crippen LogP contribution in [0.2, 0.25) is 0 Å². The summed E-state index contributed by atoms with van der Waals surface area (Å²) < 4.78 is 10.6. The second-order valence-corrected chi connectivity index (χ2v) is 8.52. The Kier molecular flexibility index (Phi) is 16.0. The molecule has 0 spiro atoms. The number of ether oxygens (including phenoxy) is 2. The zero-order valence-electron chi connectivity index (χ0n) is 20.2. The highest BCUT2D eigenvalue weighted by molar-refractivity contribution is 5.94. The summed E-state index contributed by atoms with van der Waals surface area (Å²) in [5, 5.41) is 0. The minimum absolute atomic E-state index is 0.0109. The molecule has 0 aliphatic rings. The molecule has 0 aliphatic heterocycles. The van der Waals surface area contributed by atoms with E-state index in [1.807, 2.05) is 0 Å². The maximum absolute atomic E-state index is 11.9. The molecule has 180 valence electrons. The average molecular weight is 447 g/mol. The molecule has 5 heteroatoms. The Labute approximate surface area is 194 Å². The van der Waals surface area contributed by atoms with Gasteiger partial charge in [0.25, 0.3) is 0 Å². The molecule has 0 radical (unpaired) electrons. The van der Waals surface area contributed by atoms with Gasteiger partial charge in [0, 0.05) is 18.4 Å². The summed E-state index contributed by atoms with van der Waals surface area (Å²) in [6.45, 7) is 4.29. The molecule has 0 aliphatic carbocycles. The molecule has 0 saturated carbocycles. The number of ketones is 1. The van der Waals surface area contributed by atoms with Gasteiger partial charge in [-0.1, -0.05) is 71.1 Å². The quantitative estimate of drug-likeness (QED) is 0.0971. The van der Waals surface area contributed by atoms with Crippen molar-refractivity contribution in [3.05, 3.63) is 29.8 Å². The van der Waals surface area contributed by atoms with Gasteiger partial charge in [0.05, 0.1) is 6.61 Å². The minimum Gasteiger partial charge on any atom is -0.466 e. The van der Waals surface area contributed by atoms with Crippen molar-refractivity contribution in [2.75, 3.05) is 6.61 Å². The van der Waals surface area contributed by atoms with Gasteiger partial charge in [0.1, 0.15) is 5.75 Å². The van der Waals surface area contributed by atoms with Crippen LogP contribution in [0.1, 0.15) is 121 Å². The lowest BCUT2D eigenvalue weighted by Crippen LogP contribution is -2.07. The smallest absolute Gasteiger partial charge is 0.311 e. The monoisotopic (exact) mass is 446 g/mol.